The number of fused-ring (bicyclic) bond motifs is 8. The van der Waals surface area contributed by atoms with Crippen LogP contribution in [-0.2, 0) is 67.6 Å². The van der Waals surface area contributed by atoms with Crippen LogP contribution in [0.3, 0.4) is 0 Å². The molecule has 2 aliphatic carbocycles. The Balaban J connectivity index is 0.000000111. The minimum Gasteiger partial charge on any atom is -0.479 e. The van der Waals surface area contributed by atoms with Crippen LogP contribution in [0.25, 0.3) is 111 Å². The average molecular weight is 1870 g/mol. The summed E-state index contributed by atoms with van der Waals surface area (Å²) in [4.78, 5) is 64.1. The normalized spacial score (nSPS) is 15.7. The Labute approximate surface area is 800 Å². The molecule has 0 unspecified atom stereocenters. The summed E-state index contributed by atoms with van der Waals surface area (Å²) < 4.78 is 77.0. The molecule has 0 amide bonds. The topological polar surface area (TPSA) is 326 Å². The second kappa shape index (κ2) is 35.2. The standard InChI is InChI=1S/C29H22FN3O2.C28H27FN4O3.C28H20FN3O3.C28H20FN3O2/c30-22-6-8-23(9-7-22)33-25-15-21-17-32-16-20(21)14-24(25)26(18-2-4-19(5-3-18)28(34)35)27(33)29(12-13-31)10-1-11-29;1-4-28(15-36-16-28)25-24(19-13-31-32(14-19)27(2,3)26(34)35)22-9-17-11-30-12-18(17)10-23(22)33(25)21-7-5-20(29)6-8-21;29-21-5-7-22(8-6-21)32-24-12-20-14-31-13-19(20)11-23(24)25(17-1-3-18(4-2-17)27(33)34)26(32)28(9-10-30)15-35-16-28;29-21-5-7-22(8-6-21)32-24-14-20-16-31-15-19(20)13-23(24)25(26(32)28(9-10-28)11-12-30)17-1-3-18(4-2-17)27(33)34/h2-9,14-15,17H,1,10-12,16H2,(H,34,35);5-10,12-14H,4,11,15-16H2,1-3H3,(H,34,35);1-8,11-12,14H,9,13,15-16H2,(H,33,34);1-8,13-14,16H,9-11,15H2,(H,33,34). The number of aliphatic imine (C=N–C) groups is 4. The van der Waals surface area contributed by atoms with Crippen molar-refractivity contribution in [2.45, 2.75) is 132 Å². The van der Waals surface area contributed by atoms with Crippen molar-refractivity contribution in [3.63, 3.8) is 0 Å². The third-order valence-electron chi connectivity index (χ3n) is 29.1. The van der Waals surface area contributed by atoms with Crippen LogP contribution in [0.5, 0.6) is 0 Å². The summed E-state index contributed by atoms with van der Waals surface area (Å²) in [6.45, 7) is 9.78. The zero-order valence-corrected chi connectivity index (χ0v) is 76.3. The van der Waals surface area contributed by atoms with E-state index in [2.05, 4.69) is 117 Å². The number of aromatic nitrogens is 6. The van der Waals surface area contributed by atoms with Crippen LogP contribution < -0.4 is 0 Å². The molecule has 8 aliphatic rings. The van der Waals surface area contributed by atoms with Crippen molar-refractivity contribution in [3.8, 4) is 85.5 Å². The summed E-state index contributed by atoms with van der Waals surface area (Å²) in [6.07, 6.45) is 17.5. The van der Waals surface area contributed by atoms with Gasteiger partial charge in [0.1, 0.15) is 23.3 Å². The molecule has 0 radical (unpaired) electrons. The highest BCUT2D eigenvalue weighted by atomic mass is 19.1. The van der Waals surface area contributed by atoms with Gasteiger partial charge in [-0.15, -0.1) is 0 Å². The Bertz CT molecular complexity index is 7840. The zero-order chi connectivity index (χ0) is 97.0. The predicted octanol–water partition coefficient (Wildman–Crippen LogP) is 22.7. The fraction of sp³-hybridized carbons (Fsp3) is 0.221. The van der Waals surface area contributed by atoms with Gasteiger partial charge < -0.3 is 48.2 Å². The van der Waals surface area contributed by atoms with Crippen LogP contribution in [0.15, 0.2) is 251 Å². The number of carboxylic acids is 4. The summed E-state index contributed by atoms with van der Waals surface area (Å²) >= 11 is 0. The van der Waals surface area contributed by atoms with E-state index >= 15 is 0 Å². The molecule has 11 aromatic carbocycles. The predicted molar refractivity (Wildman–Crippen MR) is 526 cm³/mol. The van der Waals surface area contributed by atoms with Crippen LogP contribution in [0.1, 0.15) is 177 Å². The Morgan fingerprint density at radius 2 is 0.657 bits per heavy atom. The second-order valence-corrected chi connectivity index (χ2v) is 37.8. The fourth-order valence-electron chi connectivity index (χ4n) is 21.1. The molecule has 2 saturated heterocycles. The molecule has 27 heteroatoms. The molecule has 6 aliphatic heterocycles. The summed E-state index contributed by atoms with van der Waals surface area (Å²) in [7, 11) is 0. The quantitative estimate of drug-likeness (QED) is 0.0486. The van der Waals surface area contributed by atoms with E-state index in [0.717, 1.165) is 217 Å². The number of hydrogen-bond donors (Lipinski definition) is 4. The van der Waals surface area contributed by atoms with Gasteiger partial charge in [0.2, 0.25) is 0 Å². The molecule has 4 N–H and O–H groups in total. The highest BCUT2D eigenvalue weighted by molar-refractivity contribution is 6.09. The molecule has 4 fully saturated rings. The Hall–Kier alpha value is -16.5. The van der Waals surface area contributed by atoms with Gasteiger partial charge in [0.05, 0.1) is 133 Å². The number of rotatable bonds is 21. The number of nitrogens with zero attached hydrogens (tertiary/aromatic N) is 13. The van der Waals surface area contributed by atoms with E-state index in [4.69, 9.17) is 9.47 Å². The lowest BCUT2D eigenvalue weighted by molar-refractivity contribution is -0.146. The molecule has 694 valence electrons. The third kappa shape index (κ3) is 15.4. The van der Waals surface area contributed by atoms with Crippen LogP contribution >= 0.6 is 0 Å². The summed E-state index contributed by atoms with van der Waals surface area (Å²) in [6, 6.07) is 70.6. The van der Waals surface area contributed by atoms with Crippen LogP contribution in [-0.4, -0.2) is 124 Å². The van der Waals surface area contributed by atoms with E-state index in [1.807, 2.05) is 55.3 Å². The van der Waals surface area contributed by atoms with Gasteiger partial charge >= 0.3 is 23.9 Å². The molecule has 0 spiro atoms. The first-order chi connectivity index (χ1) is 67.8. The van der Waals surface area contributed by atoms with Gasteiger partial charge in [-0.25, -0.2) is 36.7 Å². The van der Waals surface area contributed by atoms with Crippen molar-refractivity contribution in [2.24, 2.45) is 20.0 Å². The Morgan fingerprint density at radius 3 is 0.907 bits per heavy atom. The molecule has 23 nitrogen and oxygen atoms in total. The number of aliphatic carboxylic acids is 1. The second-order valence-electron chi connectivity index (χ2n) is 37.8. The maximum Gasteiger partial charge on any atom is 0.335 e. The van der Waals surface area contributed by atoms with Crippen LogP contribution in [0.4, 0.5) is 17.6 Å². The maximum absolute atomic E-state index is 13.9. The van der Waals surface area contributed by atoms with Gasteiger partial charge in [-0.3, -0.25) is 24.7 Å². The first-order valence-corrected chi connectivity index (χ1v) is 46.2. The molecular formula is C113H89F4N13O10. The molecule has 2 saturated carbocycles. The number of carbonyl (C=O) groups is 4. The molecule has 5 aromatic heterocycles. The van der Waals surface area contributed by atoms with Gasteiger partial charge in [-0.05, 0) is 289 Å². The molecular weight excluding hydrogens is 1780 g/mol. The maximum atomic E-state index is 13.9. The molecule has 16 aromatic rings. The van der Waals surface area contributed by atoms with Crippen molar-refractivity contribution in [3.05, 3.63) is 338 Å². The molecule has 24 rings (SSSR count). The largest absolute Gasteiger partial charge is 0.479 e. The number of carboxylic acid groups (broad SMARTS) is 4. The van der Waals surface area contributed by atoms with E-state index in [0.29, 0.717) is 65.4 Å². The molecule has 0 atom stereocenters. The zero-order valence-electron chi connectivity index (χ0n) is 76.3. The lowest BCUT2D eigenvalue weighted by atomic mass is 9.63. The smallest absolute Gasteiger partial charge is 0.335 e. The molecule has 140 heavy (non-hydrogen) atoms. The minimum atomic E-state index is -1.20. The number of aromatic carboxylic acids is 3. The van der Waals surface area contributed by atoms with Crippen molar-refractivity contribution in [1.29, 1.82) is 15.8 Å². The SMILES string of the molecule is CCC1(c2c(-c3cnn(C(C)(C)C(=O)O)c3)c3cc4c(cc3n2-c2ccc(F)cc2)C=NC4)COC1.N#CCC1(c2c(-c3ccc(C(=O)O)cc3)c3cc4c(cc3n2-c2ccc(F)cc2)C=NC4)CC1.N#CCC1(c2c(-c3ccc(C(=O)O)cc3)c3cc4c(cc3n2-c2ccc(F)cc2)C=NC4)CCC1.N#CCC1(c2c(-c3ccc(C(=O)O)cc3)c3cc4c(cc3n2-c2ccc(F)cc2)C=NC4)COC1. The Kier molecular flexibility index (Phi) is 22.6. The van der Waals surface area contributed by atoms with Gasteiger partial charge in [-0.2, -0.15) is 20.9 Å². The molecule has 0 bridgehead atoms. The van der Waals surface area contributed by atoms with E-state index in [-0.39, 0.29) is 62.6 Å². The van der Waals surface area contributed by atoms with Gasteiger partial charge in [-0.1, -0.05) is 49.7 Å². The van der Waals surface area contributed by atoms with Crippen LogP contribution in [0.2, 0.25) is 0 Å². The number of nitriles is 3. The van der Waals surface area contributed by atoms with Crippen molar-refractivity contribution in [1.82, 2.24) is 28.0 Å². The van der Waals surface area contributed by atoms with Crippen molar-refractivity contribution in [2.75, 3.05) is 26.4 Å². The summed E-state index contributed by atoms with van der Waals surface area (Å²) in [5.41, 5.74) is 25.3. The lowest BCUT2D eigenvalue weighted by Gasteiger charge is -2.42. The number of hydrogen-bond acceptors (Lipinski definition) is 14. The monoisotopic (exact) mass is 1860 g/mol. The minimum absolute atomic E-state index is 0.200. The average Bonchev–Trinajstić information content (AvgIpc) is 1.54. The first kappa shape index (κ1) is 90.0. The van der Waals surface area contributed by atoms with Crippen LogP contribution in [0, 0.1) is 57.3 Å². The van der Waals surface area contributed by atoms with Gasteiger partial charge in [0, 0.05) is 150 Å². The summed E-state index contributed by atoms with van der Waals surface area (Å²) in [5.74, 6) is -5.13. The van der Waals surface area contributed by atoms with E-state index in [1.165, 1.54) is 53.2 Å². The van der Waals surface area contributed by atoms with Crippen molar-refractivity contribution < 1.29 is 66.6 Å². The number of benzene rings is 11. The highest BCUT2D eigenvalue weighted by Crippen LogP contribution is 2.59. The number of halogens is 4. The lowest BCUT2D eigenvalue weighted by Crippen LogP contribution is -2.48. The highest BCUT2D eigenvalue weighted by Gasteiger charge is 2.51. The van der Waals surface area contributed by atoms with Gasteiger partial charge in [0.15, 0.2) is 5.54 Å². The van der Waals surface area contributed by atoms with Gasteiger partial charge in [0.25, 0.3) is 0 Å². The fourth-order valence-corrected chi connectivity index (χ4v) is 21.1. The summed E-state index contributed by atoms with van der Waals surface area (Å²) in [5, 5.41) is 75.7. The Morgan fingerprint density at radius 1 is 0.379 bits per heavy atom. The first-order valence-electron chi connectivity index (χ1n) is 46.2. The van der Waals surface area contributed by atoms with E-state index in [9.17, 15) is 73.0 Å². The van der Waals surface area contributed by atoms with E-state index in [1.54, 1.807) is 117 Å². The molecule has 11 heterocycles. The third-order valence-corrected chi connectivity index (χ3v) is 29.1. The number of ether oxygens (including phenoxy) is 2. The van der Waals surface area contributed by atoms with Crippen molar-refractivity contribution >= 4 is 92.3 Å². The van der Waals surface area contributed by atoms with E-state index < -0.39 is 34.8 Å².